The molecule has 0 N–H and O–H groups in total. The summed E-state index contributed by atoms with van der Waals surface area (Å²) in [5.41, 5.74) is 1.49. The second kappa shape index (κ2) is 5.80. The molecule has 1 aliphatic rings. The highest BCUT2D eigenvalue weighted by molar-refractivity contribution is 5.43. The van der Waals surface area contributed by atoms with Gasteiger partial charge in [-0.15, -0.1) is 0 Å². The van der Waals surface area contributed by atoms with Gasteiger partial charge in [-0.25, -0.2) is 4.98 Å². The van der Waals surface area contributed by atoms with E-state index in [-0.39, 0.29) is 6.10 Å². The Morgan fingerprint density at radius 2 is 2.29 bits per heavy atom. The number of hydrogen-bond donors (Lipinski definition) is 0. The molecule has 0 aliphatic carbocycles. The molecule has 0 radical (unpaired) electrons. The van der Waals surface area contributed by atoms with Gasteiger partial charge in [-0.1, -0.05) is 6.07 Å². The molecule has 2 aromatic rings. The van der Waals surface area contributed by atoms with E-state index in [9.17, 15) is 0 Å². The lowest BCUT2D eigenvalue weighted by atomic mass is 10.2. The first-order valence-electron chi connectivity index (χ1n) is 6.95. The topological polar surface area (TPSA) is 62.0 Å². The highest BCUT2D eigenvalue weighted by atomic mass is 16.5. The average molecular weight is 280 g/mol. The Morgan fingerprint density at radius 1 is 1.38 bits per heavy atom. The fraction of sp³-hybridized carbons (Fsp3) is 0.312. The number of aromatic nitrogens is 2. The predicted molar refractivity (Wildman–Crippen MR) is 79.2 cm³/mol. The van der Waals surface area contributed by atoms with Crippen molar-refractivity contribution in [1.82, 2.24) is 9.97 Å². The molecule has 1 saturated heterocycles. The zero-order valence-electron chi connectivity index (χ0n) is 11.9. The largest absolute Gasteiger partial charge is 0.488 e. The Kier molecular flexibility index (Phi) is 3.69. The van der Waals surface area contributed by atoms with Crippen LogP contribution in [0.15, 0.2) is 36.7 Å². The molecule has 21 heavy (non-hydrogen) atoms. The summed E-state index contributed by atoms with van der Waals surface area (Å²) >= 11 is 0. The summed E-state index contributed by atoms with van der Waals surface area (Å²) < 4.78 is 6.04. The zero-order valence-corrected chi connectivity index (χ0v) is 11.9. The Hall–Kier alpha value is -2.61. The van der Waals surface area contributed by atoms with Crippen LogP contribution in [0.5, 0.6) is 5.75 Å². The van der Waals surface area contributed by atoms with Crippen molar-refractivity contribution < 1.29 is 4.74 Å². The SMILES string of the molecule is Cc1cnccc1OC1CCN(c2cccc(C#N)n2)C1. The molecule has 3 rings (SSSR count). The number of nitriles is 1. The van der Waals surface area contributed by atoms with Crippen molar-refractivity contribution in [2.45, 2.75) is 19.4 Å². The second-order valence-electron chi connectivity index (χ2n) is 5.11. The highest BCUT2D eigenvalue weighted by Gasteiger charge is 2.25. The van der Waals surface area contributed by atoms with E-state index in [2.05, 4.69) is 20.9 Å². The van der Waals surface area contributed by atoms with Crippen molar-refractivity contribution in [1.29, 1.82) is 5.26 Å². The number of anilines is 1. The lowest BCUT2D eigenvalue weighted by molar-refractivity contribution is 0.223. The van der Waals surface area contributed by atoms with Gasteiger partial charge < -0.3 is 9.64 Å². The maximum atomic E-state index is 8.92. The minimum atomic E-state index is 0.138. The number of aryl methyl sites for hydroxylation is 1. The van der Waals surface area contributed by atoms with Gasteiger partial charge in [-0.2, -0.15) is 5.26 Å². The first-order valence-corrected chi connectivity index (χ1v) is 6.95. The van der Waals surface area contributed by atoms with E-state index < -0.39 is 0 Å². The Labute approximate surface area is 123 Å². The van der Waals surface area contributed by atoms with E-state index in [0.29, 0.717) is 5.69 Å². The Bertz CT molecular complexity index is 680. The van der Waals surface area contributed by atoms with Crippen LogP contribution in [0.25, 0.3) is 0 Å². The molecule has 1 aliphatic heterocycles. The van der Waals surface area contributed by atoms with Gasteiger partial charge in [0.05, 0.1) is 6.54 Å². The molecule has 106 valence electrons. The zero-order chi connectivity index (χ0) is 14.7. The van der Waals surface area contributed by atoms with Gasteiger partial charge in [0.15, 0.2) is 0 Å². The molecule has 1 atom stereocenters. The molecule has 0 bridgehead atoms. The summed E-state index contributed by atoms with van der Waals surface area (Å²) in [6.45, 7) is 3.66. The molecule has 1 fully saturated rings. The third-order valence-corrected chi connectivity index (χ3v) is 3.58. The maximum absolute atomic E-state index is 8.92. The molecular weight excluding hydrogens is 264 g/mol. The van der Waals surface area contributed by atoms with Crippen LogP contribution >= 0.6 is 0 Å². The summed E-state index contributed by atoms with van der Waals surface area (Å²) in [6.07, 6.45) is 4.63. The van der Waals surface area contributed by atoms with E-state index in [1.165, 1.54) is 0 Å². The Morgan fingerprint density at radius 3 is 3.10 bits per heavy atom. The first-order chi connectivity index (χ1) is 10.3. The van der Waals surface area contributed by atoms with Crippen molar-refractivity contribution in [2.75, 3.05) is 18.0 Å². The van der Waals surface area contributed by atoms with E-state index in [1.807, 2.05) is 25.1 Å². The van der Waals surface area contributed by atoms with E-state index >= 15 is 0 Å². The van der Waals surface area contributed by atoms with Crippen molar-refractivity contribution in [3.8, 4) is 11.8 Å². The molecule has 1 unspecified atom stereocenters. The van der Waals surface area contributed by atoms with E-state index in [0.717, 1.165) is 36.6 Å². The van der Waals surface area contributed by atoms with Crippen LogP contribution in [-0.4, -0.2) is 29.2 Å². The van der Waals surface area contributed by atoms with Crippen LogP contribution in [0.1, 0.15) is 17.7 Å². The summed E-state index contributed by atoms with van der Waals surface area (Å²) in [7, 11) is 0. The average Bonchev–Trinajstić information content (AvgIpc) is 2.98. The number of rotatable bonds is 3. The maximum Gasteiger partial charge on any atom is 0.142 e. The van der Waals surface area contributed by atoms with Gasteiger partial charge in [-0.3, -0.25) is 4.98 Å². The smallest absolute Gasteiger partial charge is 0.142 e. The number of ether oxygens (including phenoxy) is 1. The number of hydrogen-bond acceptors (Lipinski definition) is 5. The lowest BCUT2D eigenvalue weighted by Gasteiger charge is -2.18. The molecule has 5 heteroatoms. The van der Waals surface area contributed by atoms with Crippen molar-refractivity contribution >= 4 is 5.82 Å². The predicted octanol–water partition coefficient (Wildman–Crippen LogP) is 2.31. The fourth-order valence-corrected chi connectivity index (χ4v) is 2.47. The third kappa shape index (κ3) is 2.95. The standard InChI is InChI=1S/C16H16N4O/c1-12-10-18-7-5-15(12)21-14-6-8-20(11-14)16-4-2-3-13(9-17)19-16/h2-5,7,10,14H,6,8,11H2,1H3. The molecule has 0 spiro atoms. The van der Waals surface area contributed by atoms with Crippen molar-refractivity contribution in [2.24, 2.45) is 0 Å². The third-order valence-electron chi connectivity index (χ3n) is 3.58. The molecule has 3 heterocycles. The highest BCUT2D eigenvalue weighted by Crippen LogP contribution is 2.23. The molecule has 0 saturated carbocycles. The lowest BCUT2D eigenvalue weighted by Crippen LogP contribution is -2.25. The van der Waals surface area contributed by atoms with Gasteiger partial charge in [0, 0.05) is 30.9 Å². The Balaban J connectivity index is 1.68. The van der Waals surface area contributed by atoms with Gasteiger partial charge >= 0.3 is 0 Å². The molecular formula is C16H16N4O. The number of nitrogens with zero attached hydrogens (tertiary/aromatic N) is 4. The quantitative estimate of drug-likeness (QED) is 0.863. The fourth-order valence-electron chi connectivity index (χ4n) is 2.47. The van der Waals surface area contributed by atoms with Crippen LogP contribution < -0.4 is 9.64 Å². The second-order valence-corrected chi connectivity index (χ2v) is 5.11. The van der Waals surface area contributed by atoms with Gasteiger partial charge in [-0.05, 0) is 25.1 Å². The molecule has 2 aromatic heterocycles. The van der Waals surface area contributed by atoms with Crippen LogP contribution in [0.4, 0.5) is 5.82 Å². The minimum absolute atomic E-state index is 0.138. The van der Waals surface area contributed by atoms with Crippen LogP contribution in [0, 0.1) is 18.3 Å². The van der Waals surface area contributed by atoms with Gasteiger partial charge in [0.2, 0.25) is 0 Å². The van der Waals surface area contributed by atoms with Crippen LogP contribution in [-0.2, 0) is 0 Å². The molecule has 0 amide bonds. The summed E-state index contributed by atoms with van der Waals surface area (Å²) in [5.74, 6) is 1.72. The van der Waals surface area contributed by atoms with E-state index in [4.69, 9.17) is 10.00 Å². The monoisotopic (exact) mass is 280 g/mol. The minimum Gasteiger partial charge on any atom is -0.488 e. The molecule has 0 aromatic carbocycles. The first kappa shape index (κ1) is 13.4. The van der Waals surface area contributed by atoms with Crippen molar-refractivity contribution in [3.05, 3.63) is 47.9 Å². The number of pyridine rings is 2. The summed E-state index contributed by atoms with van der Waals surface area (Å²) in [6, 6.07) is 9.48. The molecule has 5 nitrogen and oxygen atoms in total. The van der Waals surface area contributed by atoms with Crippen LogP contribution in [0.3, 0.4) is 0 Å². The van der Waals surface area contributed by atoms with Gasteiger partial charge in [0.25, 0.3) is 0 Å². The van der Waals surface area contributed by atoms with Crippen LogP contribution in [0.2, 0.25) is 0 Å². The summed E-state index contributed by atoms with van der Waals surface area (Å²) in [4.78, 5) is 10.6. The summed E-state index contributed by atoms with van der Waals surface area (Å²) in [5, 5.41) is 8.92. The normalized spacial score (nSPS) is 17.5. The van der Waals surface area contributed by atoms with Gasteiger partial charge in [0.1, 0.15) is 29.4 Å². The van der Waals surface area contributed by atoms with E-state index in [1.54, 1.807) is 18.5 Å². The van der Waals surface area contributed by atoms with Crippen molar-refractivity contribution in [3.63, 3.8) is 0 Å².